The lowest BCUT2D eigenvalue weighted by Crippen LogP contribution is -2.49. The molecule has 1 unspecified atom stereocenters. The second kappa shape index (κ2) is 7.74. The van der Waals surface area contributed by atoms with E-state index >= 15 is 0 Å². The van der Waals surface area contributed by atoms with E-state index in [9.17, 15) is 0 Å². The van der Waals surface area contributed by atoms with Gasteiger partial charge in [0.25, 0.3) is 0 Å². The van der Waals surface area contributed by atoms with Crippen molar-refractivity contribution in [1.82, 2.24) is 25.1 Å². The minimum Gasteiger partial charge on any atom is -0.369 e. The molecule has 2 aliphatic rings. The van der Waals surface area contributed by atoms with Gasteiger partial charge in [0.05, 0.1) is 12.1 Å². The van der Waals surface area contributed by atoms with Gasteiger partial charge in [-0.15, -0.1) is 5.10 Å². The molecule has 1 aromatic heterocycles. The molecule has 0 N–H and O–H groups in total. The number of tetrazole rings is 1. The van der Waals surface area contributed by atoms with E-state index in [1.54, 1.807) is 0 Å². The Morgan fingerprint density at radius 1 is 0.962 bits per heavy atom. The Kier molecular flexibility index (Phi) is 5.20. The van der Waals surface area contributed by atoms with Gasteiger partial charge in [0.15, 0.2) is 5.82 Å². The number of aromatic nitrogens is 4. The van der Waals surface area contributed by atoms with E-state index in [1.165, 1.54) is 31.4 Å². The van der Waals surface area contributed by atoms with Gasteiger partial charge < -0.3 is 4.90 Å². The van der Waals surface area contributed by atoms with Crippen molar-refractivity contribution in [3.8, 4) is 0 Å². The largest absolute Gasteiger partial charge is 0.369 e. The molecule has 2 fully saturated rings. The molecule has 1 saturated carbocycles. The fraction of sp³-hybridized carbons (Fsp3) is 0.650. The van der Waals surface area contributed by atoms with Crippen LogP contribution in [0.25, 0.3) is 0 Å². The molecule has 2 aromatic rings. The number of para-hydroxylation sites is 1. The highest BCUT2D eigenvalue weighted by Gasteiger charge is 2.33. The Labute approximate surface area is 156 Å². The summed E-state index contributed by atoms with van der Waals surface area (Å²) in [6.45, 7) is 8.80. The number of anilines is 1. The summed E-state index contributed by atoms with van der Waals surface area (Å²) in [5, 5.41) is 12.9. The molecule has 0 spiro atoms. The molecule has 0 bridgehead atoms. The number of piperazine rings is 1. The maximum absolute atomic E-state index is 4.48. The summed E-state index contributed by atoms with van der Waals surface area (Å²) < 4.78 is 2.14. The van der Waals surface area contributed by atoms with Crippen LogP contribution in [0.4, 0.5) is 5.69 Å². The third kappa shape index (κ3) is 3.47. The molecule has 4 rings (SSSR count). The maximum Gasteiger partial charge on any atom is 0.168 e. The highest BCUT2D eigenvalue weighted by atomic mass is 15.6. The predicted molar refractivity (Wildman–Crippen MR) is 103 cm³/mol. The van der Waals surface area contributed by atoms with Gasteiger partial charge >= 0.3 is 0 Å². The summed E-state index contributed by atoms with van der Waals surface area (Å²) in [4.78, 5) is 5.06. The molecule has 1 aliphatic heterocycles. The Balaban J connectivity index is 1.49. The maximum atomic E-state index is 4.48. The van der Waals surface area contributed by atoms with Gasteiger partial charge in [-0.2, -0.15) is 0 Å². The van der Waals surface area contributed by atoms with Gasteiger partial charge in [-0.05, 0) is 41.3 Å². The van der Waals surface area contributed by atoms with Crippen LogP contribution in [-0.4, -0.2) is 51.3 Å². The van der Waals surface area contributed by atoms with Gasteiger partial charge in [0, 0.05) is 31.9 Å². The first-order chi connectivity index (χ1) is 12.7. The van der Waals surface area contributed by atoms with Crippen LogP contribution in [0.2, 0.25) is 0 Å². The number of benzene rings is 1. The van der Waals surface area contributed by atoms with Crippen molar-refractivity contribution in [3.63, 3.8) is 0 Å². The molecule has 1 aromatic carbocycles. The molecule has 6 heteroatoms. The van der Waals surface area contributed by atoms with Crippen molar-refractivity contribution < 1.29 is 0 Å². The topological polar surface area (TPSA) is 50.1 Å². The van der Waals surface area contributed by atoms with E-state index in [2.05, 4.69) is 74.2 Å². The average Bonchev–Trinajstić information content (AvgIpc) is 3.34. The van der Waals surface area contributed by atoms with Gasteiger partial charge in [-0.3, -0.25) is 4.90 Å². The first-order valence-electron chi connectivity index (χ1n) is 10.1. The fourth-order valence-electron chi connectivity index (χ4n) is 4.58. The minimum atomic E-state index is 0.295. The smallest absolute Gasteiger partial charge is 0.168 e. The van der Waals surface area contributed by atoms with E-state index in [0.717, 1.165) is 32.0 Å². The van der Waals surface area contributed by atoms with Crippen LogP contribution in [0, 0.1) is 5.92 Å². The van der Waals surface area contributed by atoms with E-state index < -0.39 is 0 Å². The molecule has 2 heterocycles. The molecule has 1 aliphatic carbocycles. The molecular weight excluding hydrogens is 324 g/mol. The lowest BCUT2D eigenvalue weighted by atomic mass is 10.00. The molecule has 26 heavy (non-hydrogen) atoms. The Hall–Kier alpha value is -1.95. The standard InChI is InChI=1S/C20H30N6/c1-16(2)19(20-21-22-23-26(20)18-10-6-7-11-18)25-14-12-24(13-15-25)17-8-4-3-5-9-17/h3-5,8-9,16,18-19H,6-7,10-15H2,1-2H3. The monoisotopic (exact) mass is 354 g/mol. The van der Waals surface area contributed by atoms with E-state index in [0.29, 0.717) is 18.0 Å². The first-order valence-corrected chi connectivity index (χ1v) is 10.1. The Morgan fingerprint density at radius 2 is 1.65 bits per heavy atom. The van der Waals surface area contributed by atoms with Crippen molar-refractivity contribution >= 4 is 5.69 Å². The van der Waals surface area contributed by atoms with Crippen molar-refractivity contribution in [1.29, 1.82) is 0 Å². The second-order valence-corrected chi connectivity index (χ2v) is 7.97. The first kappa shape index (κ1) is 17.5. The van der Waals surface area contributed by atoms with Crippen LogP contribution >= 0.6 is 0 Å². The zero-order valence-corrected chi connectivity index (χ0v) is 16.0. The van der Waals surface area contributed by atoms with Crippen LogP contribution in [0.5, 0.6) is 0 Å². The summed E-state index contributed by atoms with van der Waals surface area (Å²) in [5.41, 5.74) is 1.32. The number of nitrogens with zero attached hydrogens (tertiary/aromatic N) is 6. The van der Waals surface area contributed by atoms with E-state index in [4.69, 9.17) is 0 Å². The van der Waals surface area contributed by atoms with Gasteiger partial charge in [-0.25, -0.2) is 4.68 Å². The van der Waals surface area contributed by atoms with Crippen molar-refractivity contribution in [2.75, 3.05) is 31.1 Å². The third-order valence-corrected chi connectivity index (χ3v) is 5.91. The molecule has 1 saturated heterocycles. The van der Waals surface area contributed by atoms with Crippen molar-refractivity contribution in [2.24, 2.45) is 5.92 Å². The molecule has 0 amide bonds. The lowest BCUT2D eigenvalue weighted by molar-refractivity contribution is 0.132. The van der Waals surface area contributed by atoms with Crippen LogP contribution in [-0.2, 0) is 0 Å². The normalized spacial score (nSPS) is 20.8. The van der Waals surface area contributed by atoms with Gasteiger partial charge in [0.1, 0.15) is 0 Å². The molecular formula is C20H30N6. The Morgan fingerprint density at radius 3 is 2.31 bits per heavy atom. The molecule has 0 radical (unpaired) electrons. The zero-order chi connectivity index (χ0) is 17.9. The molecule has 140 valence electrons. The minimum absolute atomic E-state index is 0.295. The Bertz CT molecular complexity index is 683. The summed E-state index contributed by atoms with van der Waals surface area (Å²) >= 11 is 0. The lowest BCUT2D eigenvalue weighted by Gasteiger charge is -2.41. The van der Waals surface area contributed by atoms with Gasteiger partial charge in [0.2, 0.25) is 0 Å². The second-order valence-electron chi connectivity index (χ2n) is 7.97. The predicted octanol–water partition coefficient (Wildman–Crippen LogP) is 3.31. The average molecular weight is 355 g/mol. The molecule has 1 atom stereocenters. The summed E-state index contributed by atoms with van der Waals surface area (Å²) in [6, 6.07) is 11.5. The number of hydrogen-bond acceptors (Lipinski definition) is 5. The van der Waals surface area contributed by atoms with Crippen LogP contribution in [0.15, 0.2) is 30.3 Å². The van der Waals surface area contributed by atoms with Crippen molar-refractivity contribution in [3.05, 3.63) is 36.2 Å². The van der Waals surface area contributed by atoms with E-state index in [1.807, 2.05) is 0 Å². The highest BCUT2D eigenvalue weighted by Crippen LogP contribution is 2.34. The van der Waals surface area contributed by atoms with Crippen LogP contribution in [0.1, 0.15) is 57.4 Å². The van der Waals surface area contributed by atoms with Crippen LogP contribution in [0.3, 0.4) is 0 Å². The number of hydrogen-bond donors (Lipinski definition) is 0. The number of rotatable bonds is 5. The zero-order valence-electron chi connectivity index (χ0n) is 16.0. The fourth-order valence-corrected chi connectivity index (χ4v) is 4.58. The summed E-state index contributed by atoms with van der Waals surface area (Å²) in [6.07, 6.45) is 5.02. The van der Waals surface area contributed by atoms with E-state index in [-0.39, 0.29) is 0 Å². The third-order valence-electron chi connectivity index (χ3n) is 5.91. The summed E-state index contributed by atoms with van der Waals surface area (Å²) in [7, 11) is 0. The SMILES string of the molecule is CC(C)C(c1nnnn1C1CCCC1)N1CCN(c2ccccc2)CC1. The van der Waals surface area contributed by atoms with Crippen LogP contribution < -0.4 is 4.90 Å². The highest BCUT2D eigenvalue weighted by molar-refractivity contribution is 5.46. The summed E-state index contributed by atoms with van der Waals surface area (Å²) in [5.74, 6) is 1.56. The van der Waals surface area contributed by atoms with Gasteiger partial charge in [-0.1, -0.05) is 44.9 Å². The quantitative estimate of drug-likeness (QED) is 0.824. The molecule has 6 nitrogen and oxygen atoms in total. The van der Waals surface area contributed by atoms with Crippen molar-refractivity contribution in [2.45, 2.75) is 51.6 Å².